The van der Waals surface area contributed by atoms with Crippen molar-refractivity contribution in [3.8, 4) is 0 Å². The summed E-state index contributed by atoms with van der Waals surface area (Å²) in [7, 11) is 0. The Bertz CT molecular complexity index is 386. The second-order valence-electron chi connectivity index (χ2n) is 6.59. The van der Waals surface area contributed by atoms with Crippen molar-refractivity contribution in [3.05, 3.63) is 30.3 Å². The number of rotatable bonds is 6. The summed E-state index contributed by atoms with van der Waals surface area (Å²) in [5.74, 6) is 0. The fourth-order valence-electron chi connectivity index (χ4n) is 3.24. The van der Waals surface area contributed by atoms with Crippen molar-refractivity contribution in [2.24, 2.45) is 0 Å². The van der Waals surface area contributed by atoms with E-state index in [1.165, 1.54) is 31.9 Å². The fraction of sp³-hybridized carbons (Fsp3) is 0.667. The second kappa shape index (κ2) is 7.81. The van der Waals surface area contributed by atoms with E-state index in [-0.39, 0.29) is 0 Å². The number of hydrogen-bond acceptors (Lipinski definition) is 3. The molecule has 1 saturated heterocycles. The Kier molecular flexibility index (Phi) is 6.07. The number of benzene rings is 1. The van der Waals surface area contributed by atoms with Crippen molar-refractivity contribution in [3.63, 3.8) is 0 Å². The molecule has 1 fully saturated rings. The highest BCUT2D eigenvalue weighted by atomic mass is 15.3. The smallest absolute Gasteiger partial charge is 0.0367 e. The van der Waals surface area contributed by atoms with Gasteiger partial charge in [0.15, 0.2) is 0 Å². The fourth-order valence-corrected chi connectivity index (χ4v) is 3.24. The Labute approximate surface area is 130 Å². The maximum absolute atomic E-state index is 2.61. The predicted molar refractivity (Wildman–Crippen MR) is 92.1 cm³/mol. The van der Waals surface area contributed by atoms with Crippen molar-refractivity contribution >= 4 is 5.69 Å². The molecule has 0 bridgehead atoms. The third kappa shape index (κ3) is 4.72. The molecule has 3 heteroatoms. The van der Waals surface area contributed by atoms with Gasteiger partial charge >= 0.3 is 0 Å². The zero-order valence-electron chi connectivity index (χ0n) is 14.1. The molecule has 21 heavy (non-hydrogen) atoms. The second-order valence-corrected chi connectivity index (χ2v) is 6.59. The standard InChI is InChI=1S/C18H31N3/c1-16(2)21(17(3)4)15-12-19-10-13-20(14-11-19)18-8-6-5-7-9-18/h5-9,16-17H,10-15H2,1-4H3. The summed E-state index contributed by atoms with van der Waals surface area (Å²) in [6.07, 6.45) is 0. The van der Waals surface area contributed by atoms with Crippen molar-refractivity contribution in [1.29, 1.82) is 0 Å². The minimum atomic E-state index is 0.635. The summed E-state index contributed by atoms with van der Waals surface area (Å²) >= 11 is 0. The van der Waals surface area contributed by atoms with Gasteiger partial charge in [-0.3, -0.25) is 9.80 Å². The lowest BCUT2D eigenvalue weighted by atomic mass is 10.2. The van der Waals surface area contributed by atoms with Crippen molar-refractivity contribution in [1.82, 2.24) is 9.80 Å². The largest absolute Gasteiger partial charge is 0.369 e. The molecule has 0 unspecified atom stereocenters. The van der Waals surface area contributed by atoms with Crippen LogP contribution in [-0.2, 0) is 0 Å². The molecule has 1 heterocycles. The molecule has 0 spiro atoms. The average Bonchev–Trinajstić information content (AvgIpc) is 2.48. The maximum atomic E-state index is 2.61. The summed E-state index contributed by atoms with van der Waals surface area (Å²) in [6.45, 7) is 16.2. The summed E-state index contributed by atoms with van der Waals surface area (Å²) in [6, 6.07) is 12.1. The highest BCUT2D eigenvalue weighted by molar-refractivity contribution is 5.46. The van der Waals surface area contributed by atoms with Gasteiger partial charge in [0.2, 0.25) is 0 Å². The summed E-state index contributed by atoms with van der Waals surface area (Å²) in [5.41, 5.74) is 1.36. The minimum absolute atomic E-state index is 0.635. The zero-order chi connectivity index (χ0) is 15.2. The third-order valence-electron chi connectivity index (χ3n) is 4.49. The molecule has 1 aliphatic heterocycles. The molecular weight excluding hydrogens is 258 g/mol. The van der Waals surface area contributed by atoms with E-state index in [2.05, 4.69) is 72.7 Å². The first kappa shape index (κ1) is 16.3. The van der Waals surface area contributed by atoms with E-state index in [9.17, 15) is 0 Å². The quantitative estimate of drug-likeness (QED) is 0.797. The molecular formula is C18H31N3. The molecule has 3 nitrogen and oxygen atoms in total. The Morgan fingerprint density at radius 1 is 0.905 bits per heavy atom. The van der Waals surface area contributed by atoms with E-state index in [0.29, 0.717) is 12.1 Å². The first-order valence-corrected chi connectivity index (χ1v) is 8.36. The van der Waals surface area contributed by atoms with Crippen LogP contribution in [0.1, 0.15) is 27.7 Å². The molecule has 1 aromatic rings. The SMILES string of the molecule is CC(C)N(CCN1CCN(c2ccccc2)CC1)C(C)C. The van der Waals surface area contributed by atoms with Gasteiger partial charge in [0.25, 0.3) is 0 Å². The van der Waals surface area contributed by atoms with Gasteiger partial charge < -0.3 is 4.90 Å². The molecule has 118 valence electrons. The molecule has 2 rings (SSSR count). The van der Waals surface area contributed by atoms with E-state index < -0.39 is 0 Å². The van der Waals surface area contributed by atoms with Crippen LogP contribution >= 0.6 is 0 Å². The monoisotopic (exact) mass is 289 g/mol. The van der Waals surface area contributed by atoms with Crippen LogP contribution in [0.2, 0.25) is 0 Å². The molecule has 0 aromatic heterocycles. The number of piperazine rings is 1. The summed E-state index contributed by atoms with van der Waals surface area (Å²) in [4.78, 5) is 7.69. The highest BCUT2D eigenvalue weighted by Crippen LogP contribution is 2.15. The van der Waals surface area contributed by atoms with Crippen molar-refractivity contribution < 1.29 is 0 Å². The molecule has 0 aliphatic carbocycles. The van der Waals surface area contributed by atoms with Crippen LogP contribution in [0.5, 0.6) is 0 Å². The van der Waals surface area contributed by atoms with E-state index in [1.54, 1.807) is 0 Å². The van der Waals surface area contributed by atoms with Gasteiger partial charge in [-0.05, 0) is 39.8 Å². The van der Waals surface area contributed by atoms with Crippen LogP contribution in [0, 0.1) is 0 Å². The van der Waals surface area contributed by atoms with Gasteiger partial charge in [-0.1, -0.05) is 18.2 Å². The van der Waals surface area contributed by atoms with Crippen LogP contribution in [-0.4, -0.2) is 61.2 Å². The third-order valence-corrected chi connectivity index (χ3v) is 4.49. The van der Waals surface area contributed by atoms with Crippen LogP contribution in [0.3, 0.4) is 0 Å². The van der Waals surface area contributed by atoms with Crippen LogP contribution in [0.15, 0.2) is 30.3 Å². The Morgan fingerprint density at radius 2 is 1.48 bits per heavy atom. The van der Waals surface area contributed by atoms with Crippen molar-refractivity contribution in [2.45, 2.75) is 39.8 Å². The first-order chi connectivity index (χ1) is 10.1. The number of hydrogen-bond donors (Lipinski definition) is 0. The van der Waals surface area contributed by atoms with E-state index in [0.717, 1.165) is 13.1 Å². The summed E-state index contributed by atoms with van der Waals surface area (Å²) < 4.78 is 0. The lowest BCUT2D eigenvalue weighted by Gasteiger charge is -2.38. The molecule has 0 N–H and O–H groups in total. The summed E-state index contributed by atoms with van der Waals surface area (Å²) in [5, 5.41) is 0. The van der Waals surface area contributed by atoms with Crippen LogP contribution in [0.25, 0.3) is 0 Å². The number of para-hydroxylation sites is 1. The van der Waals surface area contributed by atoms with E-state index >= 15 is 0 Å². The lowest BCUT2D eigenvalue weighted by molar-refractivity contribution is 0.140. The normalized spacial score (nSPS) is 17.2. The Balaban J connectivity index is 1.77. The molecule has 1 aliphatic rings. The Hall–Kier alpha value is -1.06. The van der Waals surface area contributed by atoms with Crippen LogP contribution in [0.4, 0.5) is 5.69 Å². The molecule has 0 amide bonds. The van der Waals surface area contributed by atoms with Gasteiger partial charge in [0, 0.05) is 57.0 Å². The van der Waals surface area contributed by atoms with Crippen molar-refractivity contribution in [2.75, 3.05) is 44.2 Å². The minimum Gasteiger partial charge on any atom is -0.369 e. The zero-order valence-corrected chi connectivity index (χ0v) is 14.1. The average molecular weight is 289 g/mol. The van der Waals surface area contributed by atoms with Gasteiger partial charge in [0.05, 0.1) is 0 Å². The molecule has 0 radical (unpaired) electrons. The lowest BCUT2D eigenvalue weighted by Crippen LogP contribution is -2.50. The molecule has 0 atom stereocenters. The molecule has 0 saturated carbocycles. The number of anilines is 1. The highest BCUT2D eigenvalue weighted by Gasteiger charge is 2.19. The van der Waals surface area contributed by atoms with E-state index in [4.69, 9.17) is 0 Å². The van der Waals surface area contributed by atoms with Gasteiger partial charge in [-0.15, -0.1) is 0 Å². The maximum Gasteiger partial charge on any atom is 0.0367 e. The predicted octanol–water partition coefficient (Wildman–Crippen LogP) is 2.93. The van der Waals surface area contributed by atoms with Gasteiger partial charge in [-0.2, -0.15) is 0 Å². The molecule has 1 aromatic carbocycles. The van der Waals surface area contributed by atoms with Crippen LogP contribution < -0.4 is 4.90 Å². The van der Waals surface area contributed by atoms with Gasteiger partial charge in [-0.25, -0.2) is 0 Å². The van der Waals surface area contributed by atoms with E-state index in [1.807, 2.05) is 0 Å². The Morgan fingerprint density at radius 3 is 2.00 bits per heavy atom. The van der Waals surface area contributed by atoms with Gasteiger partial charge in [0.1, 0.15) is 0 Å². The number of nitrogens with zero attached hydrogens (tertiary/aromatic N) is 3. The topological polar surface area (TPSA) is 9.72 Å². The first-order valence-electron chi connectivity index (χ1n) is 8.36.